The largest absolute Gasteiger partial charge is 0.416 e. The number of halogens is 3. The van der Waals surface area contributed by atoms with Crippen LogP contribution in [0, 0.1) is 5.92 Å². The van der Waals surface area contributed by atoms with Crippen LogP contribution in [0.25, 0.3) is 10.9 Å². The fraction of sp³-hybridized carbons (Fsp3) is 0.591. The standard InChI is InChI=1S/C22H29F3N6O2/c23-22(24,25)14-3-6-17-16(11-14)19(29-12-28-17)30-18-7-9-31(21(18)33)10-8-27-20(32)13-1-4-15(26)5-2-13/h3,6,11-13,15,18,21,33H,1-2,4-5,7-10,26H2,(H,27,32)(H,28,29,30)/t13?,15?,18-,21?/m0/s1. The maximum Gasteiger partial charge on any atom is 0.416 e. The van der Waals surface area contributed by atoms with Crippen LogP contribution < -0.4 is 16.4 Å². The van der Waals surface area contributed by atoms with E-state index in [-0.39, 0.29) is 29.1 Å². The molecule has 1 saturated heterocycles. The molecule has 2 aliphatic rings. The Bertz CT molecular complexity index is 980. The number of aliphatic hydroxyl groups excluding tert-OH is 1. The molecule has 180 valence electrons. The number of carbonyl (C=O) groups is 1. The van der Waals surface area contributed by atoms with Gasteiger partial charge in [-0.05, 0) is 50.3 Å². The fourth-order valence-corrected chi connectivity index (χ4v) is 4.60. The molecule has 5 N–H and O–H groups in total. The number of anilines is 1. The summed E-state index contributed by atoms with van der Waals surface area (Å²) < 4.78 is 39.4. The third kappa shape index (κ3) is 5.53. The fourth-order valence-electron chi connectivity index (χ4n) is 4.60. The van der Waals surface area contributed by atoms with E-state index < -0.39 is 24.0 Å². The lowest BCUT2D eigenvalue weighted by atomic mass is 9.86. The topological polar surface area (TPSA) is 116 Å². The number of nitrogens with two attached hydrogens (primary N) is 1. The van der Waals surface area contributed by atoms with Gasteiger partial charge in [0, 0.05) is 37.0 Å². The van der Waals surface area contributed by atoms with Crippen molar-refractivity contribution in [3.8, 4) is 0 Å². The van der Waals surface area contributed by atoms with Crippen molar-refractivity contribution in [3.63, 3.8) is 0 Å². The number of rotatable bonds is 6. The molecule has 0 bridgehead atoms. The van der Waals surface area contributed by atoms with E-state index in [1.165, 1.54) is 12.4 Å². The Morgan fingerprint density at radius 3 is 2.67 bits per heavy atom. The number of hydrogen-bond donors (Lipinski definition) is 4. The summed E-state index contributed by atoms with van der Waals surface area (Å²) >= 11 is 0. The number of carbonyl (C=O) groups excluding carboxylic acids is 1. The van der Waals surface area contributed by atoms with E-state index in [4.69, 9.17) is 5.73 Å². The molecule has 1 unspecified atom stereocenters. The Balaban J connectivity index is 1.33. The second-order valence-electron chi connectivity index (χ2n) is 8.84. The van der Waals surface area contributed by atoms with Gasteiger partial charge in [-0.1, -0.05) is 0 Å². The van der Waals surface area contributed by atoms with Crippen LogP contribution >= 0.6 is 0 Å². The first kappa shape index (κ1) is 23.7. The molecule has 1 aliphatic heterocycles. The number of alkyl halides is 3. The van der Waals surface area contributed by atoms with Crippen LogP contribution in [-0.2, 0) is 11.0 Å². The second kappa shape index (κ2) is 9.78. The number of fused-ring (bicyclic) bond motifs is 1. The van der Waals surface area contributed by atoms with E-state index in [0.29, 0.717) is 31.6 Å². The van der Waals surface area contributed by atoms with Crippen molar-refractivity contribution < 1.29 is 23.1 Å². The number of nitrogens with one attached hydrogen (secondary N) is 2. The van der Waals surface area contributed by atoms with E-state index in [1.807, 2.05) is 4.90 Å². The van der Waals surface area contributed by atoms with Crippen molar-refractivity contribution in [3.05, 3.63) is 30.1 Å². The molecule has 1 aromatic heterocycles. The van der Waals surface area contributed by atoms with Gasteiger partial charge in [-0.2, -0.15) is 13.2 Å². The van der Waals surface area contributed by atoms with E-state index >= 15 is 0 Å². The Kier molecular flexibility index (Phi) is 7.01. The molecule has 11 heteroatoms. The summed E-state index contributed by atoms with van der Waals surface area (Å²) in [7, 11) is 0. The predicted octanol–water partition coefficient (Wildman–Crippen LogP) is 2.09. The van der Waals surface area contributed by atoms with Crippen molar-refractivity contribution in [2.24, 2.45) is 11.7 Å². The quantitative estimate of drug-likeness (QED) is 0.515. The molecule has 2 heterocycles. The normalized spacial score (nSPS) is 26.5. The summed E-state index contributed by atoms with van der Waals surface area (Å²) in [4.78, 5) is 22.3. The second-order valence-corrected chi connectivity index (χ2v) is 8.84. The van der Waals surface area contributed by atoms with Gasteiger partial charge >= 0.3 is 6.18 Å². The van der Waals surface area contributed by atoms with Gasteiger partial charge in [0.2, 0.25) is 5.91 Å². The minimum Gasteiger partial charge on any atom is -0.376 e. The maximum atomic E-state index is 13.1. The van der Waals surface area contributed by atoms with Crippen LogP contribution in [0.15, 0.2) is 24.5 Å². The zero-order chi connectivity index (χ0) is 23.6. The van der Waals surface area contributed by atoms with Gasteiger partial charge in [0.25, 0.3) is 0 Å². The van der Waals surface area contributed by atoms with Gasteiger partial charge in [-0.3, -0.25) is 9.69 Å². The monoisotopic (exact) mass is 466 g/mol. The smallest absolute Gasteiger partial charge is 0.376 e. The number of likely N-dealkylation sites (tertiary alicyclic amines) is 1. The third-order valence-electron chi connectivity index (χ3n) is 6.59. The summed E-state index contributed by atoms with van der Waals surface area (Å²) in [5.74, 6) is 0.273. The van der Waals surface area contributed by atoms with Gasteiger partial charge in [0.05, 0.1) is 17.1 Å². The highest BCUT2D eigenvalue weighted by molar-refractivity contribution is 5.89. The number of benzene rings is 1. The average Bonchev–Trinajstić information content (AvgIpc) is 3.12. The molecule has 2 atom stereocenters. The van der Waals surface area contributed by atoms with Crippen LogP contribution in [0.4, 0.5) is 19.0 Å². The first-order valence-electron chi connectivity index (χ1n) is 11.3. The van der Waals surface area contributed by atoms with E-state index in [2.05, 4.69) is 20.6 Å². The molecule has 4 rings (SSSR count). The Labute approximate surface area is 189 Å². The molecule has 1 aliphatic carbocycles. The lowest BCUT2D eigenvalue weighted by Crippen LogP contribution is -2.43. The van der Waals surface area contributed by atoms with E-state index in [0.717, 1.165) is 37.8 Å². The Hall–Kier alpha value is -2.50. The van der Waals surface area contributed by atoms with Crippen LogP contribution in [0.5, 0.6) is 0 Å². The van der Waals surface area contributed by atoms with Gasteiger partial charge in [-0.15, -0.1) is 0 Å². The molecular weight excluding hydrogens is 437 g/mol. The Morgan fingerprint density at radius 2 is 1.94 bits per heavy atom. The number of aromatic nitrogens is 2. The first-order valence-corrected chi connectivity index (χ1v) is 11.3. The summed E-state index contributed by atoms with van der Waals surface area (Å²) in [5, 5.41) is 17.0. The maximum absolute atomic E-state index is 13.1. The highest BCUT2D eigenvalue weighted by Crippen LogP contribution is 2.33. The van der Waals surface area contributed by atoms with Crippen LogP contribution in [-0.4, -0.2) is 63.8 Å². The molecule has 1 aromatic carbocycles. The molecule has 0 spiro atoms. The summed E-state index contributed by atoms with van der Waals surface area (Å²) in [5.41, 5.74) is 5.50. The Morgan fingerprint density at radius 1 is 1.18 bits per heavy atom. The zero-order valence-corrected chi connectivity index (χ0v) is 18.2. The number of aliphatic hydroxyl groups is 1. The van der Waals surface area contributed by atoms with Gasteiger partial charge < -0.3 is 21.5 Å². The van der Waals surface area contributed by atoms with E-state index in [9.17, 15) is 23.1 Å². The highest BCUT2D eigenvalue weighted by Gasteiger charge is 2.34. The lowest BCUT2D eigenvalue weighted by molar-refractivity contribution is -0.137. The molecule has 2 aromatic rings. The van der Waals surface area contributed by atoms with Gasteiger partial charge in [-0.25, -0.2) is 9.97 Å². The lowest BCUT2D eigenvalue weighted by Gasteiger charge is -2.27. The highest BCUT2D eigenvalue weighted by atomic mass is 19.4. The number of hydrogen-bond acceptors (Lipinski definition) is 7. The average molecular weight is 467 g/mol. The minimum atomic E-state index is -4.47. The van der Waals surface area contributed by atoms with Crippen molar-refractivity contribution >= 4 is 22.6 Å². The van der Waals surface area contributed by atoms with Crippen molar-refractivity contribution in [2.45, 2.75) is 56.6 Å². The van der Waals surface area contributed by atoms with E-state index in [1.54, 1.807) is 0 Å². The van der Waals surface area contributed by atoms with Crippen molar-refractivity contribution in [1.29, 1.82) is 0 Å². The minimum absolute atomic E-state index is 0.00430. The third-order valence-corrected chi connectivity index (χ3v) is 6.59. The molecule has 2 fully saturated rings. The SMILES string of the molecule is NC1CCC(C(=O)NCCN2CC[C@H](Nc3ncnc4ccc(C(F)(F)F)cc34)C2O)CC1. The molecule has 1 saturated carbocycles. The molecular formula is C22H29F3N6O2. The summed E-state index contributed by atoms with van der Waals surface area (Å²) in [6, 6.07) is 3.09. The van der Waals surface area contributed by atoms with Gasteiger partial charge in [0.15, 0.2) is 0 Å². The number of nitrogens with zero attached hydrogens (tertiary/aromatic N) is 3. The molecule has 1 amide bonds. The number of amides is 1. The van der Waals surface area contributed by atoms with Crippen molar-refractivity contribution in [2.75, 3.05) is 25.0 Å². The molecule has 8 nitrogen and oxygen atoms in total. The van der Waals surface area contributed by atoms with Crippen LogP contribution in [0.1, 0.15) is 37.7 Å². The molecule has 0 radical (unpaired) electrons. The zero-order valence-electron chi connectivity index (χ0n) is 18.2. The predicted molar refractivity (Wildman–Crippen MR) is 117 cm³/mol. The molecule has 33 heavy (non-hydrogen) atoms. The van der Waals surface area contributed by atoms with Crippen LogP contribution in [0.3, 0.4) is 0 Å². The summed E-state index contributed by atoms with van der Waals surface area (Å²) in [6.07, 6.45) is -0.144. The van der Waals surface area contributed by atoms with Crippen LogP contribution in [0.2, 0.25) is 0 Å². The van der Waals surface area contributed by atoms with Crippen molar-refractivity contribution in [1.82, 2.24) is 20.2 Å². The first-order chi connectivity index (χ1) is 15.7. The summed E-state index contributed by atoms with van der Waals surface area (Å²) in [6.45, 7) is 1.47. The van der Waals surface area contributed by atoms with Gasteiger partial charge in [0.1, 0.15) is 18.4 Å².